The molecule has 2 aromatic rings. The van der Waals surface area contributed by atoms with Gasteiger partial charge in [-0.3, -0.25) is 4.31 Å². The van der Waals surface area contributed by atoms with Crippen LogP contribution in [0.1, 0.15) is 16.9 Å². The predicted molar refractivity (Wildman–Crippen MR) is 75.3 cm³/mol. The molecule has 0 fully saturated rings. The number of nitrogen functional groups attached to an aromatic ring is 1. The molecule has 2 heterocycles. The average Bonchev–Trinajstić information content (AvgIpc) is 3.01. The Kier molecular flexibility index (Phi) is 3.32. The largest absolute Gasteiger partial charge is 0.416 e. The van der Waals surface area contributed by atoms with Gasteiger partial charge in [-0.25, -0.2) is 8.42 Å². The number of nitrogens with zero attached hydrogens (tertiary/aromatic N) is 2. The molecule has 23 heavy (non-hydrogen) atoms. The van der Waals surface area contributed by atoms with E-state index in [1.165, 1.54) is 19.1 Å². The highest BCUT2D eigenvalue weighted by molar-refractivity contribution is 7.93. The summed E-state index contributed by atoms with van der Waals surface area (Å²) in [5, 5.41) is 3.38. The molecule has 2 N–H and O–H groups in total. The molecule has 0 spiro atoms. The smallest absolute Gasteiger partial charge is 0.380 e. The van der Waals surface area contributed by atoms with Gasteiger partial charge >= 0.3 is 6.18 Å². The normalized spacial score (nSPS) is 15.0. The molecular weight excluding hydrogens is 335 g/mol. The molecule has 1 aliphatic heterocycles. The summed E-state index contributed by atoms with van der Waals surface area (Å²) in [5.41, 5.74) is 4.65. The van der Waals surface area contributed by atoms with Gasteiger partial charge in [0.05, 0.1) is 11.3 Å². The maximum absolute atomic E-state index is 13.1. The molecule has 0 aliphatic carbocycles. The maximum Gasteiger partial charge on any atom is 0.416 e. The minimum atomic E-state index is -4.54. The zero-order chi connectivity index (χ0) is 17.0. The van der Waals surface area contributed by atoms with Gasteiger partial charge in [0.15, 0.2) is 16.5 Å². The van der Waals surface area contributed by atoms with Crippen LogP contribution >= 0.6 is 0 Å². The van der Waals surface area contributed by atoms with E-state index in [1.807, 2.05) is 0 Å². The Morgan fingerprint density at radius 3 is 2.61 bits per heavy atom. The standard InChI is InChI=1S/C13H12F3N3O3S/c1-7-11(12(17)18-22-7)23(20,21)19-6-5-8-9(13(14,15)16)3-2-4-10(8)19/h2-4H,5-6H2,1H3,(H2,17,18). The van der Waals surface area contributed by atoms with Crippen LogP contribution in [0.2, 0.25) is 0 Å². The van der Waals surface area contributed by atoms with Gasteiger partial charge in [-0.15, -0.1) is 0 Å². The number of aryl methyl sites for hydroxylation is 1. The van der Waals surface area contributed by atoms with Gasteiger partial charge in [-0.2, -0.15) is 13.2 Å². The van der Waals surface area contributed by atoms with Crippen LogP contribution in [0.4, 0.5) is 24.7 Å². The summed E-state index contributed by atoms with van der Waals surface area (Å²) in [6.45, 7) is 1.27. The molecule has 1 aromatic carbocycles. The summed E-state index contributed by atoms with van der Waals surface area (Å²) in [7, 11) is -4.15. The zero-order valence-electron chi connectivity index (χ0n) is 11.9. The molecule has 10 heteroatoms. The first-order valence-corrected chi connectivity index (χ1v) is 8.01. The van der Waals surface area contributed by atoms with Gasteiger partial charge < -0.3 is 10.3 Å². The molecule has 6 nitrogen and oxygen atoms in total. The van der Waals surface area contributed by atoms with Crippen LogP contribution in [0.25, 0.3) is 0 Å². The van der Waals surface area contributed by atoms with Gasteiger partial charge in [0.25, 0.3) is 10.0 Å². The Labute approximate surface area is 129 Å². The van der Waals surface area contributed by atoms with Crippen molar-refractivity contribution in [3.63, 3.8) is 0 Å². The van der Waals surface area contributed by atoms with Crippen molar-refractivity contribution >= 4 is 21.5 Å². The van der Waals surface area contributed by atoms with Gasteiger partial charge in [-0.05, 0) is 31.0 Å². The minimum Gasteiger partial charge on any atom is -0.380 e. The molecule has 0 atom stereocenters. The van der Waals surface area contributed by atoms with E-state index in [1.54, 1.807) is 0 Å². The fraction of sp³-hybridized carbons (Fsp3) is 0.308. The number of rotatable bonds is 2. The Bertz CT molecular complexity index is 855. The van der Waals surface area contributed by atoms with Crippen molar-refractivity contribution in [2.24, 2.45) is 0 Å². The van der Waals surface area contributed by atoms with Crippen LogP contribution in [0, 0.1) is 6.92 Å². The van der Waals surface area contributed by atoms with Crippen molar-refractivity contribution < 1.29 is 26.1 Å². The van der Waals surface area contributed by atoms with Crippen molar-refractivity contribution in [1.82, 2.24) is 5.16 Å². The van der Waals surface area contributed by atoms with Crippen LogP contribution in [0.15, 0.2) is 27.6 Å². The Balaban J connectivity index is 2.14. The van der Waals surface area contributed by atoms with Crippen molar-refractivity contribution in [2.75, 3.05) is 16.6 Å². The van der Waals surface area contributed by atoms with Gasteiger partial charge in [0.2, 0.25) is 0 Å². The first-order valence-electron chi connectivity index (χ1n) is 6.57. The third-order valence-electron chi connectivity index (χ3n) is 3.67. The van der Waals surface area contributed by atoms with Gasteiger partial charge in [0.1, 0.15) is 0 Å². The molecule has 124 valence electrons. The molecule has 0 bridgehead atoms. The van der Waals surface area contributed by atoms with Crippen LogP contribution in [-0.2, 0) is 22.6 Å². The fourth-order valence-electron chi connectivity index (χ4n) is 2.72. The van der Waals surface area contributed by atoms with E-state index in [2.05, 4.69) is 5.16 Å². The van der Waals surface area contributed by atoms with E-state index in [4.69, 9.17) is 10.3 Å². The van der Waals surface area contributed by atoms with E-state index in [0.29, 0.717) is 0 Å². The van der Waals surface area contributed by atoms with E-state index in [0.717, 1.165) is 10.4 Å². The lowest BCUT2D eigenvalue weighted by molar-refractivity contribution is -0.138. The highest BCUT2D eigenvalue weighted by atomic mass is 32.2. The third-order valence-corrected chi connectivity index (χ3v) is 5.64. The summed E-state index contributed by atoms with van der Waals surface area (Å²) < 4.78 is 70.3. The van der Waals surface area contributed by atoms with Crippen LogP contribution in [-0.4, -0.2) is 20.1 Å². The highest BCUT2D eigenvalue weighted by Gasteiger charge is 2.41. The third kappa shape index (κ3) is 2.33. The molecule has 0 saturated carbocycles. The molecule has 1 aromatic heterocycles. The number of nitrogens with two attached hydrogens (primary N) is 1. The highest BCUT2D eigenvalue weighted by Crippen LogP contribution is 2.42. The summed E-state index contributed by atoms with van der Waals surface area (Å²) in [6.07, 6.45) is -4.58. The van der Waals surface area contributed by atoms with Crippen LogP contribution in [0.3, 0.4) is 0 Å². The number of fused-ring (bicyclic) bond motifs is 1. The Morgan fingerprint density at radius 1 is 1.35 bits per heavy atom. The number of hydrogen-bond acceptors (Lipinski definition) is 5. The number of aromatic nitrogens is 1. The van der Waals surface area contributed by atoms with Crippen molar-refractivity contribution in [2.45, 2.75) is 24.4 Å². The van der Waals surface area contributed by atoms with Crippen LogP contribution < -0.4 is 10.0 Å². The summed E-state index contributed by atoms with van der Waals surface area (Å²) in [6, 6.07) is 3.46. The predicted octanol–water partition coefficient (Wildman–Crippen LogP) is 2.34. The Morgan fingerprint density at radius 2 is 2.04 bits per heavy atom. The molecule has 0 unspecified atom stereocenters. The molecule has 1 aliphatic rings. The van der Waals surface area contributed by atoms with Gasteiger partial charge in [0, 0.05) is 6.54 Å². The van der Waals surface area contributed by atoms with Crippen molar-refractivity contribution in [1.29, 1.82) is 0 Å². The number of halogens is 3. The average molecular weight is 347 g/mol. The number of benzene rings is 1. The monoisotopic (exact) mass is 347 g/mol. The summed E-state index contributed by atoms with van der Waals surface area (Å²) in [4.78, 5) is -0.317. The maximum atomic E-state index is 13.1. The first kappa shape index (κ1) is 15.7. The number of hydrogen-bond donors (Lipinski definition) is 1. The lowest BCUT2D eigenvalue weighted by atomic mass is 10.0. The summed E-state index contributed by atoms with van der Waals surface area (Å²) in [5.74, 6) is -0.328. The van der Waals surface area contributed by atoms with E-state index < -0.39 is 21.8 Å². The first-order chi connectivity index (χ1) is 10.6. The second-order valence-electron chi connectivity index (χ2n) is 5.08. The van der Waals surface area contributed by atoms with Crippen molar-refractivity contribution in [3.05, 3.63) is 35.1 Å². The van der Waals surface area contributed by atoms with Gasteiger partial charge in [-0.1, -0.05) is 11.2 Å². The lowest BCUT2D eigenvalue weighted by Gasteiger charge is -2.19. The topological polar surface area (TPSA) is 89.4 Å². The second kappa shape index (κ2) is 4.88. The van der Waals surface area contributed by atoms with Crippen LogP contribution in [0.5, 0.6) is 0 Å². The van der Waals surface area contributed by atoms with E-state index in [-0.39, 0.29) is 40.7 Å². The SMILES string of the molecule is Cc1onc(N)c1S(=O)(=O)N1CCc2c1cccc2C(F)(F)F. The van der Waals surface area contributed by atoms with Crippen molar-refractivity contribution in [3.8, 4) is 0 Å². The molecular formula is C13H12F3N3O3S. The quantitative estimate of drug-likeness (QED) is 0.901. The second-order valence-corrected chi connectivity index (χ2v) is 6.88. The fourth-order valence-corrected chi connectivity index (χ4v) is 4.41. The number of sulfonamides is 1. The Hall–Kier alpha value is -2.23. The van der Waals surface area contributed by atoms with E-state index >= 15 is 0 Å². The molecule has 3 rings (SSSR count). The molecule has 0 saturated heterocycles. The molecule has 0 radical (unpaired) electrons. The lowest BCUT2D eigenvalue weighted by Crippen LogP contribution is -2.29. The number of alkyl halides is 3. The minimum absolute atomic E-state index is 0.000162. The summed E-state index contributed by atoms with van der Waals surface area (Å²) >= 11 is 0. The van der Waals surface area contributed by atoms with E-state index in [9.17, 15) is 21.6 Å². The number of anilines is 2. The molecule has 0 amide bonds. The zero-order valence-corrected chi connectivity index (χ0v) is 12.7.